The largest absolute Gasteiger partial charge is 0.381 e. The molecule has 10 heteroatoms. The Morgan fingerprint density at radius 3 is 2.61 bits per heavy atom. The van der Waals surface area contributed by atoms with E-state index in [0.717, 1.165) is 57.4 Å². The van der Waals surface area contributed by atoms with E-state index in [9.17, 15) is 13.6 Å². The number of carbonyl (C=O) groups excluding carboxylic acids is 1. The quantitative estimate of drug-likeness (QED) is 0.595. The van der Waals surface area contributed by atoms with Crippen LogP contribution in [-0.2, 0) is 9.47 Å². The highest BCUT2D eigenvalue weighted by Gasteiger charge is 2.43. The fraction of sp³-hybridized carbons (Fsp3) is 0.607. The molecule has 3 saturated heterocycles. The topological polar surface area (TPSA) is 88.6 Å². The predicted octanol–water partition coefficient (Wildman–Crippen LogP) is 3.49. The van der Waals surface area contributed by atoms with E-state index in [1.165, 1.54) is 12.5 Å². The molecule has 38 heavy (non-hydrogen) atoms. The van der Waals surface area contributed by atoms with Crippen molar-refractivity contribution in [2.45, 2.75) is 44.2 Å². The zero-order valence-electron chi connectivity index (χ0n) is 21.5. The molecule has 1 aliphatic carbocycles. The lowest BCUT2D eigenvalue weighted by Crippen LogP contribution is -2.40. The minimum atomic E-state index is -1.08. The number of amides is 1. The summed E-state index contributed by atoms with van der Waals surface area (Å²) in [6.07, 6.45) is 5.71. The number of hydrogen-bond donors (Lipinski definition) is 2. The average Bonchev–Trinajstić information content (AvgIpc) is 3.52. The zero-order valence-corrected chi connectivity index (χ0v) is 21.5. The van der Waals surface area contributed by atoms with E-state index < -0.39 is 11.6 Å². The van der Waals surface area contributed by atoms with Crippen LogP contribution >= 0.6 is 0 Å². The standard InChI is InChI=1S/C28H35F2N5O3/c29-23-14-18(28(36)35-5-9-38-10-6-35)13-22(27(23)30)24-1-2-26(34-33-24)32-20-12-19-16-31-25(21(19)15-20)11-17-3-7-37-8-4-17/h1-2,13-14,17,19-21,25,31H,3-12,15-16H2,(H,32,34)/t19-,20+,21+,25+/m1/s1. The first-order valence-electron chi connectivity index (χ1n) is 13.8. The van der Waals surface area contributed by atoms with Crippen molar-refractivity contribution < 1.29 is 23.0 Å². The van der Waals surface area contributed by atoms with E-state index in [0.29, 0.717) is 56.0 Å². The highest BCUT2D eigenvalue weighted by atomic mass is 19.2. The van der Waals surface area contributed by atoms with Crippen molar-refractivity contribution in [3.05, 3.63) is 41.5 Å². The van der Waals surface area contributed by atoms with Crippen LogP contribution in [0.1, 0.15) is 42.5 Å². The molecule has 2 aromatic rings. The van der Waals surface area contributed by atoms with Crippen LogP contribution in [0.5, 0.6) is 0 Å². The van der Waals surface area contributed by atoms with Gasteiger partial charge in [-0.3, -0.25) is 4.79 Å². The summed E-state index contributed by atoms with van der Waals surface area (Å²) < 4.78 is 40.0. The van der Waals surface area contributed by atoms with Crippen molar-refractivity contribution in [3.63, 3.8) is 0 Å². The molecule has 1 saturated carbocycles. The van der Waals surface area contributed by atoms with E-state index in [1.807, 2.05) is 0 Å². The van der Waals surface area contributed by atoms with Crippen molar-refractivity contribution >= 4 is 11.7 Å². The van der Waals surface area contributed by atoms with Crippen LogP contribution in [0.3, 0.4) is 0 Å². The number of hydrogen-bond acceptors (Lipinski definition) is 7. The number of nitrogens with one attached hydrogen (secondary N) is 2. The Bertz CT molecular complexity index is 1140. The lowest BCUT2D eigenvalue weighted by atomic mass is 9.85. The lowest BCUT2D eigenvalue weighted by molar-refractivity contribution is 0.0302. The number of morpholine rings is 1. The molecule has 0 unspecified atom stereocenters. The smallest absolute Gasteiger partial charge is 0.254 e. The number of halogens is 2. The maximum Gasteiger partial charge on any atom is 0.254 e. The second kappa shape index (κ2) is 11.2. The van der Waals surface area contributed by atoms with Gasteiger partial charge in [-0.25, -0.2) is 8.78 Å². The summed E-state index contributed by atoms with van der Waals surface area (Å²) >= 11 is 0. The van der Waals surface area contributed by atoms with Crippen LogP contribution in [0.2, 0.25) is 0 Å². The van der Waals surface area contributed by atoms with Crippen LogP contribution in [0, 0.1) is 29.4 Å². The van der Waals surface area contributed by atoms with E-state index >= 15 is 0 Å². The maximum absolute atomic E-state index is 14.7. The Morgan fingerprint density at radius 2 is 1.84 bits per heavy atom. The lowest BCUT2D eigenvalue weighted by Gasteiger charge is -2.27. The number of benzene rings is 1. The van der Waals surface area contributed by atoms with Crippen LogP contribution in [-0.4, -0.2) is 79.1 Å². The second-order valence-electron chi connectivity index (χ2n) is 11.1. The zero-order chi connectivity index (χ0) is 26.1. The molecule has 8 nitrogen and oxygen atoms in total. The minimum Gasteiger partial charge on any atom is -0.381 e. The van der Waals surface area contributed by atoms with Gasteiger partial charge in [0, 0.05) is 49.5 Å². The monoisotopic (exact) mass is 527 g/mol. The van der Waals surface area contributed by atoms with Crippen molar-refractivity contribution in [2.75, 3.05) is 51.4 Å². The molecule has 0 bridgehead atoms. The number of rotatable bonds is 6. The van der Waals surface area contributed by atoms with E-state index in [2.05, 4.69) is 20.8 Å². The van der Waals surface area contributed by atoms with Gasteiger partial charge in [-0.2, -0.15) is 0 Å². The third-order valence-electron chi connectivity index (χ3n) is 8.70. The van der Waals surface area contributed by atoms with Gasteiger partial charge in [-0.15, -0.1) is 10.2 Å². The molecule has 4 aliphatic rings. The molecule has 3 aliphatic heterocycles. The molecule has 1 aromatic carbocycles. The molecule has 1 aromatic heterocycles. The SMILES string of the molecule is O=C(c1cc(F)c(F)c(-c2ccc(N[C@H]3C[C@@H]4CN[C@@H](CC5CCOCC5)[C@H]4C3)nn2)c1)N1CCOCC1. The number of aromatic nitrogens is 2. The Labute approximate surface area is 221 Å². The molecule has 204 valence electrons. The van der Waals surface area contributed by atoms with Crippen molar-refractivity contribution in [1.82, 2.24) is 20.4 Å². The molecular formula is C28H35F2N5O3. The summed E-state index contributed by atoms with van der Waals surface area (Å²) in [5.74, 6) is 0.220. The number of carbonyl (C=O) groups is 1. The van der Waals surface area contributed by atoms with Gasteiger partial charge in [0.2, 0.25) is 0 Å². The van der Waals surface area contributed by atoms with Gasteiger partial charge in [0.05, 0.1) is 18.9 Å². The molecule has 4 heterocycles. The fourth-order valence-corrected chi connectivity index (χ4v) is 6.67. The fourth-order valence-electron chi connectivity index (χ4n) is 6.67. The van der Waals surface area contributed by atoms with Gasteiger partial charge >= 0.3 is 0 Å². The number of nitrogens with zero attached hydrogens (tertiary/aromatic N) is 3. The van der Waals surface area contributed by atoms with E-state index in [1.54, 1.807) is 17.0 Å². The summed E-state index contributed by atoms with van der Waals surface area (Å²) in [6, 6.07) is 6.56. The molecule has 0 radical (unpaired) electrons. The average molecular weight is 528 g/mol. The first kappa shape index (κ1) is 25.6. The molecule has 6 rings (SSSR count). The Kier molecular flexibility index (Phi) is 7.54. The summed E-state index contributed by atoms with van der Waals surface area (Å²) in [5, 5.41) is 15.7. The number of ether oxygens (including phenoxy) is 2. The minimum absolute atomic E-state index is 0.0712. The highest BCUT2D eigenvalue weighted by Crippen LogP contribution is 2.41. The van der Waals surface area contributed by atoms with Gasteiger partial charge in [0.15, 0.2) is 11.6 Å². The van der Waals surface area contributed by atoms with Gasteiger partial charge < -0.3 is 25.0 Å². The third-order valence-corrected chi connectivity index (χ3v) is 8.70. The molecule has 1 amide bonds. The Morgan fingerprint density at radius 1 is 1.05 bits per heavy atom. The van der Waals surface area contributed by atoms with Crippen molar-refractivity contribution in [2.24, 2.45) is 17.8 Å². The summed E-state index contributed by atoms with van der Waals surface area (Å²) in [7, 11) is 0. The molecule has 0 spiro atoms. The molecule has 2 N–H and O–H groups in total. The first-order chi connectivity index (χ1) is 18.5. The van der Waals surface area contributed by atoms with Crippen LogP contribution in [0.15, 0.2) is 24.3 Å². The normalized spacial score (nSPS) is 27.9. The Hall–Kier alpha value is -2.69. The Balaban J connectivity index is 1.10. The first-order valence-corrected chi connectivity index (χ1v) is 13.8. The summed E-state index contributed by atoms with van der Waals surface area (Å²) in [5.41, 5.74) is 0.205. The van der Waals surface area contributed by atoms with Gasteiger partial charge in [0.1, 0.15) is 5.82 Å². The third kappa shape index (κ3) is 5.39. The van der Waals surface area contributed by atoms with Gasteiger partial charge in [-0.05, 0) is 80.7 Å². The van der Waals surface area contributed by atoms with Crippen LogP contribution in [0.25, 0.3) is 11.3 Å². The van der Waals surface area contributed by atoms with Crippen molar-refractivity contribution in [1.29, 1.82) is 0 Å². The highest BCUT2D eigenvalue weighted by molar-refractivity contribution is 5.95. The number of anilines is 1. The number of fused-ring (bicyclic) bond motifs is 1. The second-order valence-corrected chi connectivity index (χ2v) is 11.1. The van der Waals surface area contributed by atoms with E-state index in [-0.39, 0.29) is 22.7 Å². The molecular weight excluding hydrogens is 492 g/mol. The van der Waals surface area contributed by atoms with Crippen LogP contribution < -0.4 is 10.6 Å². The summed E-state index contributed by atoms with van der Waals surface area (Å²) in [4.78, 5) is 14.4. The molecule has 4 fully saturated rings. The summed E-state index contributed by atoms with van der Waals surface area (Å²) in [6.45, 7) is 4.52. The van der Waals surface area contributed by atoms with E-state index in [4.69, 9.17) is 9.47 Å². The van der Waals surface area contributed by atoms with Crippen LogP contribution in [0.4, 0.5) is 14.6 Å². The van der Waals surface area contributed by atoms with Gasteiger partial charge in [0.25, 0.3) is 5.91 Å². The van der Waals surface area contributed by atoms with Gasteiger partial charge in [-0.1, -0.05) is 0 Å². The van der Waals surface area contributed by atoms with Crippen molar-refractivity contribution in [3.8, 4) is 11.3 Å². The maximum atomic E-state index is 14.7. The predicted molar refractivity (Wildman–Crippen MR) is 138 cm³/mol. The molecule has 4 atom stereocenters.